The monoisotopic (exact) mass is 455 g/mol. The van der Waals surface area contributed by atoms with Crippen molar-refractivity contribution < 1.29 is 30.8 Å². The van der Waals surface area contributed by atoms with Crippen LogP contribution in [0.3, 0.4) is 0 Å². The fraction of sp³-hybridized carbons (Fsp3) is 0.350. The lowest BCUT2D eigenvalue weighted by Gasteiger charge is -2.13. The third-order valence-corrected chi connectivity index (χ3v) is 9.18. The summed E-state index contributed by atoms with van der Waals surface area (Å²) in [6.07, 6.45) is 0.428. The van der Waals surface area contributed by atoms with Gasteiger partial charge >= 0.3 is 0 Å². The van der Waals surface area contributed by atoms with Crippen LogP contribution in [-0.4, -0.2) is 53.2 Å². The van der Waals surface area contributed by atoms with E-state index in [1.54, 1.807) is 6.07 Å². The van der Waals surface area contributed by atoms with Crippen molar-refractivity contribution in [3.63, 3.8) is 0 Å². The van der Waals surface area contributed by atoms with E-state index < -0.39 is 48.0 Å². The summed E-state index contributed by atoms with van der Waals surface area (Å²) in [5.41, 5.74) is 0.455. The van der Waals surface area contributed by atoms with Gasteiger partial charge in [-0.3, -0.25) is 4.79 Å². The summed E-state index contributed by atoms with van der Waals surface area (Å²) < 4.78 is 68.2. The van der Waals surface area contributed by atoms with E-state index in [0.717, 1.165) is 23.8 Å². The van der Waals surface area contributed by atoms with Crippen molar-refractivity contribution in [2.24, 2.45) is 0 Å². The van der Waals surface area contributed by atoms with E-state index in [2.05, 4.69) is 5.32 Å². The third kappa shape index (κ3) is 4.81. The Labute approximate surface area is 175 Å². The van der Waals surface area contributed by atoms with Gasteiger partial charge in [0.2, 0.25) is 0 Å². The Morgan fingerprint density at radius 2 is 1.97 bits per heavy atom. The van der Waals surface area contributed by atoms with Gasteiger partial charge in [-0.2, -0.15) is 0 Å². The van der Waals surface area contributed by atoms with Gasteiger partial charge in [0.05, 0.1) is 34.3 Å². The molecule has 1 amide bonds. The summed E-state index contributed by atoms with van der Waals surface area (Å²) in [5, 5.41) is 1.49. The van der Waals surface area contributed by atoms with E-state index in [0.29, 0.717) is 12.2 Å². The minimum atomic E-state index is -4.00. The Kier molecular flexibility index (Phi) is 6.47. The van der Waals surface area contributed by atoms with Gasteiger partial charge in [-0.25, -0.2) is 21.2 Å². The fourth-order valence-electron chi connectivity index (χ4n) is 3.37. The van der Waals surface area contributed by atoms with Crippen LogP contribution < -0.4 is 10.1 Å². The van der Waals surface area contributed by atoms with Crippen LogP contribution in [-0.2, 0) is 26.1 Å². The predicted molar refractivity (Wildman–Crippen MR) is 110 cm³/mol. The largest absolute Gasteiger partial charge is 0.496 e. The van der Waals surface area contributed by atoms with Gasteiger partial charge in [0.1, 0.15) is 11.6 Å². The van der Waals surface area contributed by atoms with Crippen molar-refractivity contribution in [3.05, 3.63) is 59.4 Å². The number of sulfone groups is 2. The molecule has 0 aliphatic carbocycles. The molecule has 1 unspecified atom stereocenters. The molecule has 1 heterocycles. The second-order valence-electron chi connectivity index (χ2n) is 7.03. The number of para-hydroxylation sites is 1. The van der Waals surface area contributed by atoms with Crippen molar-refractivity contribution in [1.29, 1.82) is 0 Å². The highest BCUT2D eigenvalue weighted by Gasteiger charge is 2.38. The second kappa shape index (κ2) is 8.73. The van der Waals surface area contributed by atoms with Gasteiger partial charge in [0.25, 0.3) is 5.91 Å². The van der Waals surface area contributed by atoms with Crippen LogP contribution in [0, 0.1) is 5.82 Å². The van der Waals surface area contributed by atoms with Crippen molar-refractivity contribution in [2.75, 3.05) is 25.2 Å². The Morgan fingerprint density at radius 3 is 2.63 bits per heavy atom. The molecule has 1 fully saturated rings. The maximum atomic E-state index is 14.2. The second-order valence-corrected chi connectivity index (χ2v) is 11.5. The summed E-state index contributed by atoms with van der Waals surface area (Å²) in [5.74, 6) is -1.61. The SMILES string of the molecule is COc1ccccc1CCNC(=O)c1cc(S(=O)(=O)C2CCS(=O)(=O)C2)ccc1F. The average molecular weight is 456 g/mol. The fourth-order valence-corrected chi connectivity index (χ4v) is 7.75. The number of carbonyl (C=O) groups excluding carboxylic acids is 1. The normalized spacial score (nSPS) is 18.1. The number of ether oxygens (including phenoxy) is 1. The number of methoxy groups -OCH3 is 1. The van der Waals surface area contributed by atoms with Crippen LogP contribution in [0.15, 0.2) is 47.4 Å². The first-order chi connectivity index (χ1) is 14.1. The highest BCUT2D eigenvalue weighted by Crippen LogP contribution is 2.26. The Bertz CT molecular complexity index is 1160. The first-order valence-corrected chi connectivity index (χ1v) is 12.6. The van der Waals surface area contributed by atoms with Gasteiger partial charge in [-0.1, -0.05) is 18.2 Å². The number of amides is 1. The molecule has 1 N–H and O–H groups in total. The molecule has 3 rings (SSSR count). The quantitative estimate of drug-likeness (QED) is 0.638. The van der Waals surface area contributed by atoms with E-state index in [1.165, 1.54) is 7.11 Å². The number of hydrogen-bond donors (Lipinski definition) is 1. The Hall–Kier alpha value is -2.46. The lowest BCUT2D eigenvalue weighted by molar-refractivity contribution is 0.0949. The molecule has 10 heteroatoms. The molecule has 0 aromatic heterocycles. The molecule has 2 aromatic carbocycles. The molecule has 0 saturated carbocycles. The van der Waals surface area contributed by atoms with Crippen LogP contribution in [0.4, 0.5) is 4.39 Å². The molecule has 1 atom stereocenters. The van der Waals surface area contributed by atoms with Crippen LogP contribution in [0.5, 0.6) is 5.75 Å². The van der Waals surface area contributed by atoms with Crippen molar-refractivity contribution in [1.82, 2.24) is 5.32 Å². The highest BCUT2D eigenvalue weighted by atomic mass is 32.2. The molecule has 2 aromatic rings. The molecule has 162 valence electrons. The first-order valence-electron chi connectivity index (χ1n) is 9.28. The lowest BCUT2D eigenvalue weighted by atomic mass is 10.1. The van der Waals surface area contributed by atoms with Gasteiger partial charge < -0.3 is 10.1 Å². The molecule has 1 saturated heterocycles. The van der Waals surface area contributed by atoms with Crippen molar-refractivity contribution in [2.45, 2.75) is 23.0 Å². The molecule has 1 aliphatic rings. The summed E-state index contributed by atoms with van der Waals surface area (Å²) in [6.45, 7) is 0.191. The molecule has 0 spiro atoms. The van der Waals surface area contributed by atoms with Crippen LogP contribution in [0.25, 0.3) is 0 Å². The standard InChI is InChI=1S/C20H22FNO6S2/c1-28-19-5-3-2-4-14(19)8-10-22-20(23)17-12-15(6-7-18(17)21)30(26,27)16-9-11-29(24,25)13-16/h2-7,12,16H,8-11,13H2,1H3,(H,22,23). The zero-order valence-electron chi connectivity index (χ0n) is 16.3. The zero-order valence-corrected chi connectivity index (χ0v) is 17.9. The van der Waals surface area contributed by atoms with Crippen LogP contribution >= 0.6 is 0 Å². The smallest absolute Gasteiger partial charge is 0.254 e. The number of nitrogens with one attached hydrogen (secondary N) is 1. The van der Waals surface area contributed by atoms with E-state index in [-0.39, 0.29) is 23.6 Å². The minimum absolute atomic E-state index is 0.0114. The molecular formula is C20H22FNO6S2. The first kappa shape index (κ1) is 22.2. The predicted octanol–water partition coefficient (Wildman–Crippen LogP) is 1.77. The summed E-state index contributed by atoms with van der Waals surface area (Å²) >= 11 is 0. The zero-order chi connectivity index (χ0) is 21.9. The summed E-state index contributed by atoms with van der Waals surface area (Å²) in [4.78, 5) is 12.2. The van der Waals surface area contributed by atoms with Crippen molar-refractivity contribution >= 4 is 25.6 Å². The van der Waals surface area contributed by atoms with Gasteiger partial charge in [-0.15, -0.1) is 0 Å². The summed E-state index contributed by atoms with van der Waals surface area (Å²) in [6, 6.07) is 10.2. The minimum Gasteiger partial charge on any atom is -0.496 e. The van der Waals surface area contributed by atoms with Crippen LogP contribution in [0.2, 0.25) is 0 Å². The maximum Gasteiger partial charge on any atom is 0.254 e. The number of hydrogen-bond acceptors (Lipinski definition) is 6. The molecule has 30 heavy (non-hydrogen) atoms. The van der Waals surface area contributed by atoms with Crippen LogP contribution in [0.1, 0.15) is 22.3 Å². The number of rotatable bonds is 7. The average Bonchev–Trinajstić information content (AvgIpc) is 3.09. The lowest BCUT2D eigenvalue weighted by Crippen LogP contribution is -2.28. The Morgan fingerprint density at radius 1 is 1.23 bits per heavy atom. The van der Waals surface area contributed by atoms with E-state index in [9.17, 15) is 26.0 Å². The van der Waals surface area contributed by atoms with Gasteiger partial charge in [0, 0.05) is 6.54 Å². The topological polar surface area (TPSA) is 107 Å². The van der Waals surface area contributed by atoms with Crippen molar-refractivity contribution in [3.8, 4) is 5.75 Å². The van der Waals surface area contributed by atoms with E-state index in [1.807, 2.05) is 18.2 Å². The molecule has 0 bridgehead atoms. The number of benzene rings is 2. The van der Waals surface area contributed by atoms with Gasteiger partial charge in [-0.05, 0) is 42.7 Å². The molecule has 0 radical (unpaired) electrons. The molecular weight excluding hydrogens is 433 g/mol. The number of halogens is 1. The highest BCUT2D eigenvalue weighted by molar-refractivity contribution is 7.96. The third-order valence-electron chi connectivity index (χ3n) is 5.01. The maximum absolute atomic E-state index is 14.2. The summed E-state index contributed by atoms with van der Waals surface area (Å²) in [7, 11) is -5.87. The molecule has 1 aliphatic heterocycles. The van der Waals surface area contributed by atoms with E-state index >= 15 is 0 Å². The van der Waals surface area contributed by atoms with E-state index in [4.69, 9.17) is 4.74 Å². The van der Waals surface area contributed by atoms with Gasteiger partial charge in [0.15, 0.2) is 19.7 Å². The molecule has 7 nitrogen and oxygen atoms in total. The number of carbonyl (C=O) groups is 1. The Balaban J connectivity index is 1.74.